The molecule has 1 amide bonds. The summed E-state index contributed by atoms with van der Waals surface area (Å²) in [5.41, 5.74) is 2.35. The van der Waals surface area contributed by atoms with Gasteiger partial charge < -0.3 is 15.5 Å². The zero-order valence-electron chi connectivity index (χ0n) is 13.0. The quantitative estimate of drug-likeness (QED) is 0.627. The molecule has 5 nitrogen and oxygen atoms in total. The number of rotatable bonds is 5. The fourth-order valence-corrected chi connectivity index (χ4v) is 2.14. The van der Waals surface area contributed by atoms with Crippen molar-refractivity contribution in [3.05, 3.63) is 33.8 Å². The minimum atomic E-state index is 0.0143. The van der Waals surface area contributed by atoms with Crippen LogP contribution in [0.15, 0.2) is 27.7 Å². The van der Waals surface area contributed by atoms with E-state index in [-0.39, 0.29) is 12.5 Å². The predicted octanol–water partition coefficient (Wildman–Crippen LogP) is 1.90. The lowest BCUT2D eigenvalue weighted by Crippen LogP contribution is -2.42. The fraction of sp³-hybridized carbons (Fsp3) is 0.467. The number of likely N-dealkylation sites (N-methyl/N-ethyl adjacent to an activating group) is 1. The third kappa shape index (κ3) is 6.16. The maximum atomic E-state index is 11.6. The molecular formula is C15H23BrN4O. The Morgan fingerprint density at radius 1 is 1.33 bits per heavy atom. The maximum absolute atomic E-state index is 11.6. The Kier molecular flexibility index (Phi) is 7.22. The zero-order valence-corrected chi connectivity index (χ0v) is 14.6. The van der Waals surface area contributed by atoms with Crippen molar-refractivity contribution >= 4 is 27.8 Å². The lowest BCUT2D eigenvalue weighted by Gasteiger charge is -2.14. The van der Waals surface area contributed by atoms with E-state index in [0.717, 1.165) is 16.6 Å². The third-order valence-electron chi connectivity index (χ3n) is 2.96. The van der Waals surface area contributed by atoms with Gasteiger partial charge in [-0.15, -0.1) is 0 Å². The number of nitrogens with one attached hydrogen (secondary N) is 2. The molecule has 0 unspecified atom stereocenters. The van der Waals surface area contributed by atoms with Gasteiger partial charge in [0.15, 0.2) is 5.96 Å². The van der Waals surface area contributed by atoms with Crippen molar-refractivity contribution in [3.63, 3.8) is 0 Å². The van der Waals surface area contributed by atoms with Crippen molar-refractivity contribution in [2.24, 2.45) is 4.99 Å². The first-order chi connectivity index (χ1) is 9.93. The van der Waals surface area contributed by atoms with Gasteiger partial charge in [0.2, 0.25) is 5.91 Å². The maximum Gasteiger partial charge on any atom is 0.241 e. The highest BCUT2D eigenvalue weighted by molar-refractivity contribution is 9.10. The summed E-state index contributed by atoms with van der Waals surface area (Å²) in [7, 11) is 3.47. The molecule has 0 bridgehead atoms. The van der Waals surface area contributed by atoms with Gasteiger partial charge in [0.05, 0.1) is 13.1 Å². The van der Waals surface area contributed by atoms with Crippen LogP contribution in [-0.2, 0) is 11.3 Å². The van der Waals surface area contributed by atoms with Crippen molar-refractivity contribution in [2.75, 3.05) is 27.2 Å². The molecule has 0 radical (unpaired) electrons. The average molecular weight is 355 g/mol. The van der Waals surface area contributed by atoms with E-state index in [1.165, 1.54) is 5.56 Å². The molecule has 2 N–H and O–H groups in total. The Labute approximate surface area is 134 Å². The van der Waals surface area contributed by atoms with Gasteiger partial charge in [0.1, 0.15) is 0 Å². The number of carbonyl (C=O) groups is 1. The number of hydrogen-bond acceptors (Lipinski definition) is 2. The molecule has 1 rings (SSSR count). The SMILES string of the molecule is CCNC(=NCc1ccc(Br)cc1C)NCC(=O)N(C)C. The highest BCUT2D eigenvalue weighted by atomic mass is 79.9. The summed E-state index contributed by atoms with van der Waals surface area (Å²) < 4.78 is 1.06. The smallest absolute Gasteiger partial charge is 0.241 e. The van der Waals surface area contributed by atoms with Gasteiger partial charge in [-0.2, -0.15) is 0 Å². The number of benzene rings is 1. The van der Waals surface area contributed by atoms with E-state index >= 15 is 0 Å². The lowest BCUT2D eigenvalue weighted by atomic mass is 10.1. The Morgan fingerprint density at radius 3 is 2.62 bits per heavy atom. The molecule has 1 aromatic carbocycles. The molecule has 0 aliphatic rings. The number of hydrogen-bond donors (Lipinski definition) is 2. The second-order valence-corrected chi connectivity index (χ2v) is 5.82. The van der Waals surface area contributed by atoms with Crippen LogP contribution in [0.25, 0.3) is 0 Å². The summed E-state index contributed by atoms with van der Waals surface area (Å²) >= 11 is 3.45. The molecule has 0 atom stereocenters. The van der Waals surface area contributed by atoms with Gasteiger partial charge >= 0.3 is 0 Å². The van der Waals surface area contributed by atoms with Gasteiger partial charge in [0, 0.05) is 25.1 Å². The molecule has 0 heterocycles. The second kappa shape index (κ2) is 8.67. The van der Waals surface area contributed by atoms with E-state index < -0.39 is 0 Å². The number of aliphatic imine (C=N–C) groups is 1. The summed E-state index contributed by atoms with van der Waals surface area (Å²) in [6, 6.07) is 6.13. The molecule has 0 fully saturated rings. The largest absolute Gasteiger partial charge is 0.357 e. The highest BCUT2D eigenvalue weighted by Crippen LogP contribution is 2.16. The normalized spacial score (nSPS) is 11.2. The van der Waals surface area contributed by atoms with Crippen LogP contribution in [0.2, 0.25) is 0 Å². The molecule has 0 saturated carbocycles. The molecule has 0 aliphatic heterocycles. The van der Waals surface area contributed by atoms with Crippen LogP contribution in [0.1, 0.15) is 18.1 Å². The minimum absolute atomic E-state index is 0.0143. The highest BCUT2D eigenvalue weighted by Gasteiger charge is 2.05. The summed E-state index contributed by atoms with van der Waals surface area (Å²) in [5, 5.41) is 6.18. The van der Waals surface area contributed by atoms with Crippen LogP contribution in [-0.4, -0.2) is 44.0 Å². The van der Waals surface area contributed by atoms with Crippen molar-refractivity contribution in [3.8, 4) is 0 Å². The van der Waals surface area contributed by atoms with Gasteiger partial charge in [-0.25, -0.2) is 4.99 Å². The Hall–Kier alpha value is -1.56. The van der Waals surface area contributed by atoms with Gasteiger partial charge in [-0.3, -0.25) is 4.79 Å². The molecule has 0 aromatic heterocycles. The zero-order chi connectivity index (χ0) is 15.8. The first-order valence-electron chi connectivity index (χ1n) is 6.91. The van der Waals surface area contributed by atoms with Crippen LogP contribution in [0.3, 0.4) is 0 Å². The van der Waals surface area contributed by atoms with Gasteiger partial charge in [-0.05, 0) is 37.1 Å². The van der Waals surface area contributed by atoms with Crippen LogP contribution < -0.4 is 10.6 Å². The first-order valence-corrected chi connectivity index (χ1v) is 7.70. The minimum Gasteiger partial charge on any atom is -0.357 e. The predicted molar refractivity (Wildman–Crippen MR) is 90.4 cm³/mol. The van der Waals surface area contributed by atoms with Crippen LogP contribution in [0, 0.1) is 6.92 Å². The van der Waals surface area contributed by atoms with E-state index in [0.29, 0.717) is 12.5 Å². The second-order valence-electron chi connectivity index (χ2n) is 4.91. The fourth-order valence-electron chi connectivity index (χ4n) is 1.66. The molecule has 0 spiro atoms. The average Bonchev–Trinajstić information content (AvgIpc) is 2.42. The topological polar surface area (TPSA) is 56.7 Å². The van der Waals surface area contributed by atoms with Crippen LogP contribution in [0.4, 0.5) is 0 Å². The first kappa shape index (κ1) is 17.5. The third-order valence-corrected chi connectivity index (χ3v) is 3.46. The summed E-state index contributed by atoms with van der Waals surface area (Å²) in [6.45, 7) is 5.62. The standard InChI is InChI=1S/C15H23BrN4O/c1-5-17-15(19-10-14(21)20(3)4)18-9-12-6-7-13(16)8-11(12)2/h6-8H,5,9-10H2,1-4H3,(H2,17,18,19). The number of halogens is 1. The molecular weight excluding hydrogens is 332 g/mol. The molecule has 6 heteroatoms. The monoisotopic (exact) mass is 354 g/mol. The van der Waals surface area contributed by atoms with E-state index in [9.17, 15) is 4.79 Å². The van der Waals surface area contributed by atoms with E-state index in [4.69, 9.17) is 0 Å². The van der Waals surface area contributed by atoms with Gasteiger partial charge in [-0.1, -0.05) is 22.0 Å². The molecule has 21 heavy (non-hydrogen) atoms. The molecule has 0 aliphatic carbocycles. The summed E-state index contributed by atoms with van der Waals surface area (Å²) in [6.07, 6.45) is 0. The number of nitrogens with zero attached hydrogens (tertiary/aromatic N) is 2. The van der Waals surface area contributed by atoms with Crippen molar-refractivity contribution in [1.29, 1.82) is 0 Å². The number of aryl methyl sites for hydroxylation is 1. The molecule has 1 aromatic rings. The number of amides is 1. The van der Waals surface area contributed by atoms with E-state index in [1.54, 1.807) is 19.0 Å². The summed E-state index contributed by atoms with van der Waals surface area (Å²) in [4.78, 5) is 17.7. The summed E-state index contributed by atoms with van der Waals surface area (Å²) in [5.74, 6) is 0.662. The Balaban J connectivity index is 2.68. The Morgan fingerprint density at radius 2 is 2.05 bits per heavy atom. The Bertz CT molecular complexity index is 514. The van der Waals surface area contributed by atoms with Gasteiger partial charge in [0.25, 0.3) is 0 Å². The van der Waals surface area contributed by atoms with Crippen molar-refractivity contribution in [2.45, 2.75) is 20.4 Å². The molecule has 0 saturated heterocycles. The van der Waals surface area contributed by atoms with Crippen molar-refractivity contribution < 1.29 is 4.79 Å². The van der Waals surface area contributed by atoms with Crippen LogP contribution in [0.5, 0.6) is 0 Å². The van der Waals surface area contributed by atoms with Crippen molar-refractivity contribution in [1.82, 2.24) is 15.5 Å². The van der Waals surface area contributed by atoms with Crippen LogP contribution >= 0.6 is 15.9 Å². The molecule has 116 valence electrons. The lowest BCUT2D eigenvalue weighted by molar-refractivity contribution is -0.127. The van der Waals surface area contributed by atoms with E-state index in [2.05, 4.69) is 50.6 Å². The number of guanidine groups is 1. The number of carbonyl (C=O) groups excluding carboxylic acids is 1. The van der Waals surface area contributed by atoms with E-state index in [1.807, 2.05) is 13.0 Å².